The second-order valence-corrected chi connectivity index (χ2v) is 22.1. The predicted molar refractivity (Wildman–Crippen MR) is 235 cm³/mol. The number of carbonyl (C=O) groups excluding carboxylic acids is 4. The Kier molecular flexibility index (Phi) is 12.4. The second kappa shape index (κ2) is 17.7. The van der Waals surface area contributed by atoms with Crippen LogP contribution in [0.15, 0.2) is 30.9 Å². The Balaban J connectivity index is 1.08. The highest BCUT2D eigenvalue weighted by Gasteiger charge is 2.63. The first-order chi connectivity index (χ1) is 30.7. The summed E-state index contributed by atoms with van der Waals surface area (Å²) in [5, 5.41) is 6.35. The Bertz CT molecular complexity index is 2280. The van der Waals surface area contributed by atoms with Gasteiger partial charge in [-0.3, -0.25) is 19.1 Å². The van der Waals surface area contributed by atoms with Gasteiger partial charge in [-0.25, -0.2) is 22.6 Å². The summed E-state index contributed by atoms with van der Waals surface area (Å²) in [6.07, 6.45) is 11.0. The molecule has 3 N–H and O–H groups in total. The lowest BCUT2D eigenvalue weighted by molar-refractivity contribution is -0.142. The van der Waals surface area contributed by atoms with E-state index in [-0.39, 0.29) is 54.8 Å². The minimum Gasteiger partial charge on any atom is -0.489 e. The van der Waals surface area contributed by atoms with Crippen LogP contribution in [-0.2, 0) is 35.6 Å². The molecular weight excluding hydrogens is 844 g/mol. The number of aromatic nitrogens is 1. The van der Waals surface area contributed by atoms with Gasteiger partial charge in [-0.2, -0.15) is 0 Å². The number of rotatable bonds is 9. The molecule has 2 aromatic rings. The maximum atomic E-state index is 15.8. The van der Waals surface area contributed by atoms with E-state index in [2.05, 4.69) is 33.9 Å². The molecule has 6 fully saturated rings. The van der Waals surface area contributed by atoms with Gasteiger partial charge in [0, 0.05) is 30.8 Å². The van der Waals surface area contributed by atoms with Crippen molar-refractivity contribution in [3.8, 4) is 11.6 Å². The summed E-state index contributed by atoms with van der Waals surface area (Å²) in [6.45, 7) is 7.05. The van der Waals surface area contributed by atoms with Crippen LogP contribution in [0.3, 0.4) is 0 Å². The van der Waals surface area contributed by atoms with Crippen molar-refractivity contribution in [1.82, 2.24) is 30.1 Å². The molecule has 17 heteroatoms. The number of nitrogens with zero attached hydrogens (tertiary/aromatic N) is 3. The van der Waals surface area contributed by atoms with Gasteiger partial charge in [-0.15, -0.1) is 6.58 Å². The van der Waals surface area contributed by atoms with Crippen molar-refractivity contribution in [3.05, 3.63) is 42.2 Å². The number of benzene rings is 1. The molecule has 2 bridgehead atoms. The van der Waals surface area contributed by atoms with Gasteiger partial charge in [-0.05, 0) is 109 Å². The SMILES string of the molecule is C=CC1CC1(NC(=O)C1CC2CN1C(=O)C(C1CCCCC1)NC(=O)OC1CC1CCCCCc1c(nc3c(F)cccc3c1OC1CCN(C)CC1)O2)C(=O)NS(=O)(=O)C1(C)CC1. The van der Waals surface area contributed by atoms with Crippen LogP contribution >= 0.6 is 0 Å². The van der Waals surface area contributed by atoms with Gasteiger partial charge in [0.15, 0.2) is 0 Å². The van der Waals surface area contributed by atoms with Crippen molar-refractivity contribution in [3.63, 3.8) is 0 Å². The summed E-state index contributed by atoms with van der Waals surface area (Å²) >= 11 is 0. The highest BCUT2D eigenvalue weighted by molar-refractivity contribution is 7.91. The first kappa shape index (κ1) is 44.7. The zero-order valence-electron chi connectivity index (χ0n) is 37.1. The Labute approximate surface area is 375 Å². The van der Waals surface area contributed by atoms with E-state index in [0.29, 0.717) is 48.8 Å². The quantitative estimate of drug-likeness (QED) is 0.273. The fraction of sp³-hybridized carbons (Fsp3) is 0.681. The van der Waals surface area contributed by atoms with Crippen molar-refractivity contribution >= 4 is 44.7 Å². The Morgan fingerprint density at radius 3 is 2.42 bits per heavy atom. The van der Waals surface area contributed by atoms with Gasteiger partial charge in [-0.1, -0.05) is 44.2 Å². The maximum absolute atomic E-state index is 15.8. The van der Waals surface area contributed by atoms with Gasteiger partial charge in [0.2, 0.25) is 27.7 Å². The maximum Gasteiger partial charge on any atom is 0.408 e. The average Bonchev–Trinajstić information content (AvgIpc) is 4.24. The highest BCUT2D eigenvalue weighted by Crippen LogP contribution is 2.48. The first-order valence-electron chi connectivity index (χ1n) is 23.6. The molecule has 9 rings (SSSR count). The van der Waals surface area contributed by atoms with Crippen LogP contribution in [0.2, 0.25) is 0 Å². The lowest BCUT2D eigenvalue weighted by atomic mass is 9.83. The molecule has 348 valence electrons. The fourth-order valence-electron chi connectivity index (χ4n) is 10.5. The van der Waals surface area contributed by atoms with E-state index >= 15 is 9.18 Å². The van der Waals surface area contributed by atoms with E-state index in [4.69, 9.17) is 19.2 Å². The zero-order chi connectivity index (χ0) is 45.0. The summed E-state index contributed by atoms with van der Waals surface area (Å²) in [6, 6.07) is 2.63. The normalized spacial score (nSPS) is 31.5. The standard InChI is InChI=1S/C47H63FN6O9S/c1-4-30-26-47(30,44(57)52-64(59,60)46(2)20-21-46)51-41(55)36-25-32-27-54(36)43(56)38(28-12-7-5-8-13-28)50-45(58)63-37-24-29(37)14-9-6-10-15-34-40(61-31-18-22-53(3)23-19-31)33-16-11-17-35(48)39(33)49-42(34)62-32/h4,11,16-17,28-32,36-38H,1,5-10,12-15,18-27H2,2-3H3,(H,50,58)(H,51,55)(H,52,57). The molecule has 4 amide bonds. The van der Waals surface area contributed by atoms with Crippen LogP contribution in [0.25, 0.3) is 10.9 Å². The summed E-state index contributed by atoms with van der Waals surface area (Å²) < 4.78 is 63.0. The summed E-state index contributed by atoms with van der Waals surface area (Å²) in [7, 11) is -1.96. The molecule has 7 unspecified atom stereocenters. The molecule has 4 heterocycles. The number of piperidine rings is 1. The van der Waals surface area contributed by atoms with Crippen LogP contribution in [-0.4, -0.2) is 114 Å². The molecule has 7 atom stereocenters. The summed E-state index contributed by atoms with van der Waals surface area (Å²) in [5.41, 5.74) is -0.802. The monoisotopic (exact) mass is 906 g/mol. The number of alkyl carbamates (subject to hydrolysis) is 1. The molecule has 4 saturated carbocycles. The van der Waals surface area contributed by atoms with Crippen molar-refractivity contribution in [2.45, 2.75) is 157 Å². The van der Waals surface area contributed by atoms with E-state index in [9.17, 15) is 22.8 Å². The third kappa shape index (κ3) is 9.04. The zero-order valence-corrected chi connectivity index (χ0v) is 37.9. The van der Waals surface area contributed by atoms with E-state index in [1.54, 1.807) is 13.0 Å². The smallest absolute Gasteiger partial charge is 0.408 e. The van der Waals surface area contributed by atoms with Gasteiger partial charge in [0.1, 0.15) is 53.0 Å². The molecule has 2 saturated heterocycles. The van der Waals surface area contributed by atoms with E-state index < -0.39 is 74.0 Å². The molecule has 15 nitrogen and oxygen atoms in total. The molecule has 1 aromatic heterocycles. The van der Waals surface area contributed by atoms with E-state index in [1.165, 1.54) is 17.0 Å². The molecule has 1 aromatic carbocycles. The number of hydrogen-bond donors (Lipinski definition) is 3. The molecule has 3 aliphatic heterocycles. The van der Waals surface area contributed by atoms with Crippen molar-refractivity contribution in [2.24, 2.45) is 17.8 Å². The predicted octanol–water partition coefficient (Wildman–Crippen LogP) is 5.43. The molecule has 0 spiro atoms. The van der Waals surface area contributed by atoms with Crippen LogP contribution in [0.1, 0.15) is 115 Å². The number of ether oxygens (including phenoxy) is 3. The van der Waals surface area contributed by atoms with Crippen LogP contribution in [0, 0.1) is 23.6 Å². The number of carbonyl (C=O) groups is 4. The third-order valence-electron chi connectivity index (χ3n) is 15.2. The van der Waals surface area contributed by atoms with Gasteiger partial charge in [0.25, 0.3) is 5.91 Å². The largest absolute Gasteiger partial charge is 0.489 e. The average molecular weight is 907 g/mol. The van der Waals surface area contributed by atoms with E-state index in [1.807, 2.05) is 6.07 Å². The molecule has 64 heavy (non-hydrogen) atoms. The topological polar surface area (TPSA) is 186 Å². The van der Waals surface area contributed by atoms with Crippen molar-refractivity contribution in [2.75, 3.05) is 26.7 Å². The summed E-state index contributed by atoms with van der Waals surface area (Å²) in [4.78, 5) is 65.8. The van der Waals surface area contributed by atoms with E-state index in [0.717, 1.165) is 77.3 Å². The number of hydrogen-bond acceptors (Lipinski definition) is 11. The molecule has 7 aliphatic rings. The number of amides is 4. The van der Waals surface area contributed by atoms with Crippen LogP contribution in [0.5, 0.6) is 11.6 Å². The number of halogens is 1. The Hall–Kier alpha value is -4.51. The molecule has 0 radical (unpaired) electrons. The summed E-state index contributed by atoms with van der Waals surface area (Å²) in [5.74, 6) is -2.38. The van der Waals surface area contributed by atoms with Gasteiger partial charge < -0.3 is 34.6 Å². The third-order valence-corrected chi connectivity index (χ3v) is 17.4. The van der Waals surface area contributed by atoms with Crippen LogP contribution < -0.4 is 24.8 Å². The van der Waals surface area contributed by atoms with Crippen LogP contribution in [0.4, 0.5) is 9.18 Å². The number of sulfonamides is 1. The lowest BCUT2D eigenvalue weighted by Crippen LogP contribution is -2.59. The fourth-order valence-corrected chi connectivity index (χ4v) is 11.8. The van der Waals surface area contributed by atoms with Crippen molar-refractivity contribution in [1.29, 1.82) is 0 Å². The Morgan fingerprint density at radius 1 is 1.00 bits per heavy atom. The van der Waals surface area contributed by atoms with Crippen molar-refractivity contribution < 1.29 is 46.2 Å². The lowest BCUT2D eigenvalue weighted by Gasteiger charge is -2.34. The molecular formula is C47H63FN6O9S. The highest BCUT2D eigenvalue weighted by atomic mass is 32.2. The van der Waals surface area contributed by atoms with Gasteiger partial charge >= 0.3 is 6.09 Å². The Morgan fingerprint density at radius 2 is 1.72 bits per heavy atom. The number of nitrogens with one attached hydrogen (secondary N) is 3. The number of pyridine rings is 1. The van der Waals surface area contributed by atoms with Gasteiger partial charge in [0.05, 0.1) is 16.9 Å². The number of likely N-dealkylation sites (tertiary alicyclic amines) is 1. The first-order valence-corrected chi connectivity index (χ1v) is 25.1. The second-order valence-electron chi connectivity index (χ2n) is 19.9. The number of fused-ring (bicyclic) bond motifs is 5. The molecule has 4 aliphatic carbocycles. The minimum absolute atomic E-state index is 0.0302. The minimum atomic E-state index is -4.04. The number of para-hydroxylation sites is 1.